The van der Waals surface area contributed by atoms with Crippen LogP contribution in [0.4, 0.5) is 0 Å². The first-order chi connectivity index (χ1) is 13.4. The SMILES string of the molecule is CCNC(=NCC(Cc1ccccc1)N(C)C)NC1CCN(C(=O)C(C)C)C1.I. The summed E-state index contributed by atoms with van der Waals surface area (Å²) < 4.78 is 0. The van der Waals surface area contributed by atoms with Gasteiger partial charge in [0.2, 0.25) is 5.91 Å². The van der Waals surface area contributed by atoms with E-state index < -0.39 is 0 Å². The summed E-state index contributed by atoms with van der Waals surface area (Å²) in [4.78, 5) is 21.3. The van der Waals surface area contributed by atoms with Gasteiger partial charge in [-0.25, -0.2) is 0 Å². The van der Waals surface area contributed by atoms with E-state index in [1.807, 2.05) is 18.7 Å². The minimum atomic E-state index is 0. The third-order valence-corrected chi connectivity index (χ3v) is 5.18. The summed E-state index contributed by atoms with van der Waals surface area (Å²) in [6, 6.07) is 11.1. The summed E-state index contributed by atoms with van der Waals surface area (Å²) >= 11 is 0. The van der Waals surface area contributed by atoms with E-state index in [0.29, 0.717) is 6.04 Å². The van der Waals surface area contributed by atoms with E-state index in [1.165, 1.54) is 5.56 Å². The van der Waals surface area contributed by atoms with Gasteiger partial charge in [0.1, 0.15) is 0 Å². The van der Waals surface area contributed by atoms with Crippen LogP contribution in [0.15, 0.2) is 35.3 Å². The van der Waals surface area contributed by atoms with Gasteiger partial charge in [-0.2, -0.15) is 0 Å². The maximum atomic E-state index is 12.2. The molecule has 1 saturated heterocycles. The molecule has 164 valence electrons. The molecule has 2 unspecified atom stereocenters. The lowest BCUT2D eigenvalue weighted by Gasteiger charge is -2.24. The molecule has 1 aromatic carbocycles. The van der Waals surface area contributed by atoms with Crippen molar-refractivity contribution in [2.24, 2.45) is 10.9 Å². The van der Waals surface area contributed by atoms with Gasteiger partial charge in [-0.1, -0.05) is 44.2 Å². The Morgan fingerprint density at radius 1 is 1.28 bits per heavy atom. The molecule has 29 heavy (non-hydrogen) atoms. The molecule has 0 saturated carbocycles. The molecule has 2 atom stereocenters. The number of aliphatic imine (C=N–C) groups is 1. The molecule has 0 aromatic heterocycles. The van der Waals surface area contributed by atoms with Gasteiger partial charge in [-0.05, 0) is 39.4 Å². The Balaban J connectivity index is 0.00000420. The number of nitrogens with zero attached hydrogens (tertiary/aromatic N) is 3. The number of hydrogen-bond acceptors (Lipinski definition) is 3. The Bertz CT molecular complexity index is 635. The van der Waals surface area contributed by atoms with Gasteiger partial charge in [0.25, 0.3) is 0 Å². The Hall–Kier alpha value is -1.35. The number of amides is 1. The molecule has 0 bridgehead atoms. The zero-order valence-electron chi connectivity index (χ0n) is 18.5. The average Bonchev–Trinajstić information content (AvgIpc) is 3.13. The number of benzene rings is 1. The Morgan fingerprint density at radius 3 is 2.55 bits per heavy atom. The van der Waals surface area contributed by atoms with Crippen molar-refractivity contribution in [2.45, 2.75) is 45.7 Å². The number of hydrogen-bond donors (Lipinski definition) is 2. The average molecular weight is 515 g/mol. The first-order valence-electron chi connectivity index (χ1n) is 10.4. The normalized spacial score (nSPS) is 18.0. The van der Waals surface area contributed by atoms with Crippen molar-refractivity contribution in [3.63, 3.8) is 0 Å². The maximum Gasteiger partial charge on any atom is 0.225 e. The highest BCUT2D eigenvalue weighted by atomic mass is 127. The summed E-state index contributed by atoms with van der Waals surface area (Å²) in [7, 11) is 4.21. The van der Waals surface area contributed by atoms with Gasteiger partial charge in [0.15, 0.2) is 5.96 Å². The smallest absolute Gasteiger partial charge is 0.225 e. The number of likely N-dealkylation sites (N-methyl/N-ethyl adjacent to an activating group) is 1. The van der Waals surface area contributed by atoms with Crippen LogP contribution in [-0.4, -0.2) is 74.0 Å². The lowest BCUT2D eigenvalue weighted by atomic mass is 10.1. The van der Waals surface area contributed by atoms with Crippen LogP contribution in [0.25, 0.3) is 0 Å². The quantitative estimate of drug-likeness (QED) is 0.318. The van der Waals surface area contributed by atoms with Gasteiger partial charge >= 0.3 is 0 Å². The zero-order valence-corrected chi connectivity index (χ0v) is 20.8. The number of nitrogens with one attached hydrogen (secondary N) is 2. The van der Waals surface area contributed by atoms with Crippen molar-refractivity contribution in [1.29, 1.82) is 0 Å². The molecule has 0 aliphatic carbocycles. The van der Waals surface area contributed by atoms with Crippen LogP contribution in [-0.2, 0) is 11.2 Å². The van der Waals surface area contributed by atoms with E-state index in [0.717, 1.165) is 45.0 Å². The Morgan fingerprint density at radius 2 is 1.97 bits per heavy atom. The molecule has 2 rings (SSSR count). The topological polar surface area (TPSA) is 60.0 Å². The molecule has 1 amide bonds. The second-order valence-electron chi connectivity index (χ2n) is 8.10. The van der Waals surface area contributed by atoms with Crippen LogP contribution in [0.1, 0.15) is 32.8 Å². The van der Waals surface area contributed by atoms with Crippen LogP contribution < -0.4 is 10.6 Å². The number of halogens is 1. The standard InChI is InChI=1S/C22H37N5O.HI/c1-6-23-22(25-19-12-13-27(16-19)21(28)17(2)3)24-15-20(26(4)5)14-18-10-8-7-9-11-18;/h7-11,17,19-20H,6,12-16H2,1-5H3,(H2,23,24,25);1H. The van der Waals surface area contributed by atoms with Crippen molar-refractivity contribution in [3.05, 3.63) is 35.9 Å². The maximum absolute atomic E-state index is 12.2. The third-order valence-electron chi connectivity index (χ3n) is 5.18. The number of rotatable bonds is 8. The second kappa shape index (κ2) is 13.1. The lowest BCUT2D eigenvalue weighted by molar-refractivity contribution is -0.133. The first kappa shape index (κ1) is 25.7. The highest BCUT2D eigenvalue weighted by molar-refractivity contribution is 14.0. The Labute approximate surface area is 193 Å². The summed E-state index contributed by atoms with van der Waals surface area (Å²) in [5.41, 5.74) is 1.33. The molecule has 1 aliphatic heterocycles. The van der Waals surface area contributed by atoms with E-state index in [9.17, 15) is 4.79 Å². The number of carbonyl (C=O) groups excluding carboxylic acids is 1. The van der Waals surface area contributed by atoms with Crippen molar-refractivity contribution < 1.29 is 4.79 Å². The number of carbonyl (C=O) groups is 1. The summed E-state index contributed by atoms with van der Waals surface area (Å²) in [6.45, 7) is 9.11. The van der Waals surface area contributed by atoms with Gasteiger partial charge in [0.05, 0.1) is 6.54 Å². The van der Waals surface area contributed by atoms with Crippen LogP contribution in [0.5, 0.6) is 0 Å². The van der Waals surface area contributed by atoms with Crippen molar-refractivity contribution in [1.82, 2.24) is 20.4 Å². The number of likely N-dealkylation sites (tertiary alicyclic amines) is 1. The molecular weight excluding hydrogens is 477 g/mol. The fourth-order valence-corrected chi connectivity index (χ4v) is 3.45. The van der Waals surface area contributed by atoms with Gasteiger partial charge in [-0.15, -0.1) is 24.0 Å². The van der Waals surface area contributed by atoms with Crippen molar-refractivity contribution in [3.8, 4) is 0 Å². The summed E-state index contributed by atoms with van der Waals surface area (Å²) in [6.07, 6.45) is 1.93. The van der Waals surface area contributed by atoms with Gasteiger partial charge < -0.3 is 20.4 Å². The molecule has 1 heterocycles. The van der Waals surface area contributed by atoms with E-state index in [4.69, 9.17) is 4.99 Å². The zero-order chi connectivity index (χ0) is 20.5. The number of guanidine groups is 1. The second-order valence-corrected chi connectivity index (χ2v) is 8.10. The van der Waals surface area contributed by atoms with Crippen molar-refractivity contribution >= 4 is 35.8 Å². The molecular formula is C22H38IN5O. The molecule has 7 heteroatoms. The lowest BCUT2D eigenvalue weighted by Crippen LogP contribution is -2.46. The fourth-order valence-electron chi connectivity index (χ4n) is 3.45. The van der Waals surface area contributed by atoms with Crippen LogP contribution in [0, 0.1) is 5.92 Å². The minimum Gasteiger partial charge on any atom is -0.357 e. The van der Waals surface area contributed by atoms with Gasteiger partial charge in [-0.3, -0.25) is 9.79 Å². The van der Waals surface area contributed by atoms with Crippen molar-refractivity contribution in [2.75, 3.05) is 40.3 Å². The highest BCUT2D eigenvalue weighted by Crippen LogP contribution is 2.13. The third kappa shape index (κ3) is 8.50. The van der Waals surface area contributed by atoms with Crippen LogP contribution >= 0.6 is 24.0 Å². The van der Waals surface area contributed by atoms with Crippen LogP contribution in [0.3, 0.4) is 0 Å². The molecule has 1 aliphatic rings. The molecule has 0 spiro atoms. The van der Waals surface area contributed by atoms with E-state index >= 15 is 0 Å². The predicted octanol–water partition coefficient (Wildman–Crippen LogP) is 2.59. The Kier molecular flexibility index (Phi) is 11.6. The molecule has 0 radical (unpaired) electrons. The molecule has 1 aromatic rings. The molecule has 1 fully saturated rings. The fraction of sp³-hybridized carbons (Fsp3) is 0.636. The summed E-state index contributed by atoms with van der Waals surface area (Å²) in [5, 5.41) is 6.88. The van der Waals surface area contributed by atoms with E-state index in [1.54, 1.807) is 0 Å². The van der Waals surface area contributed by atoms with E-state index in [2.05, 4.69) is 66.9 Å². The highest BCUT2D eigenvalue weighted by Gasteiger charge is 2.28. The monoisotopic (exact) mass is 515 g/mol. The van der Waals surface area contributed by atoms with E-state index in [-0.39, 0.29) is 41.8 Å². The molecule has 2 N–H and O–H groups in total. The summed E-state index contributed by atoms with van der Waals surface area (Å²) in [5.74, 6) is 1.13. The molecule has 6 nitrogen and oxygen atoms in total. The predicted molar refractivity (Wildman–Crippen MR) is 132 cm³/mol. The first-order valence-corrected chi connectivity index (χ1v) is 10.4. The largest absolute Gasteiger partial charge is 0.357 e. The van der Waals surface area contributed by atoms with Gasteiger partial charge in [0, 0.05) is 37.6 Å². The minimum absolute atomic E-state index is 0. The van der Waals surface area contributed by atoms with Crippen LogP contribution in [0.2, 0.25) is 0 Å².